The highest BCUT2D eigenvalue weighted by atomic mass is 127. The molecule has 5 heteroatoms. The van der Waals surface area contributed by atoms with E-state index in [1.165, 1.54) is 5.56 Å². The highest BCUT2D eigenvalue weighted by molar-refractivity contribution is 14.0. The Bertz CT molecular complexity index is 335. The van der Waals surface area contributed by atoms with Crippen molar-refractivity contribution in [2.75, 3.05) is 0 Å². The summed E-state index contributed by atoms with van der Waals surface area (Å²) in [5.74, 6) is 0.127. The van der Waals surface area contributed by atoms with E-state index < -0.39 is 0 Å². The maximum atomic E-state index is 5.24. The molecule has 0 amide bonds. The molecule has 0 saturated carbocycles. The molecule has 0 aromatic heterocycles. The molecular formula is C9H13BrIN3. The maximum absolute atomic E-state index is 5.24. The molecule has 1 aromatic rings. The zero-order chi connectivity index (χ0) is 9.84. The van der Waals surface area contributed by atoms with Crippen LogP contribution in [0.15, 0.2) is 27.7 Å². The van der Waals surface area contributed by atoms with E-state index in [2.05, 4.69) is 20.9 Å². The molecule has 78 valence electrons. The van der Waals surface area contributed by atoms with Crippen LogP contribution in [0.25, 0.3) is 0 Å². The molecule has 0 aliphatic carbocycles. The first-order valence-electron chi connectivity index (χ1n) is 3.90. The first-order chi connectivity index (χ1) is 6.09. The van der Waals surface area contributed by atoms with E-state index in [1.807, 2.05) is 25.1 Å². The number of guanidine groups is 1. The van der Waals surface area contributed by atoms with Crippen LogP contribution in [0.1, 0.15) is 11.1 Å². The van der Waals surface area contributed by atoms with Crippen LogP contribution in [-0.4, -0.2) is 5.96 Å². The van der Waals surface area contributed by atoms with Gasteiger partial charge in [0.05, 0.1) is 6.54 Å². The van der Waals surface area contributed by atoms with Crippen molar-refractivity contribution in [1.29, 1.82) is 0 Å². The Morgan fingerprint density at radius 3 is 2.57 bits per heavy atom. The summed E-state index contributed by atoms with van der Waals surface area (Å²) in [5, 5.41) is 0. The molecule has 0 fully saturated rings. The summed E-state index contributed by atoms with van der Waals surface area (Å²) in [7, 11) is 0. The number of hydrogen-bond acceptors (Lipinski definition) is 1. The third kappa shape index (κ3) is 4.28. The number of aryl methyl sites for hydroxylation is 1. The molecule has 1 rings (SSSR count). The van der Waals surface area contributed by atoms with E-state index in [1.54, 1.807) is 0 Å². The zero-order valence-electron chi connectivity index (χ0n) is 7.83. The molecule has 0 saturated heterocycles. The summed E-state index contributed by atoms with van der Waals surface area (Å²) >= 11 is 3.39. The van der Waals surface area contributed by atoms with Gasteiger partial charge in [-0.2, -0.15) is 0 Å². The van der Waals surface area contributed by atoms with Crippen molar-refractivity contribution in [1.82, 2.24) is 0 Å². The van der Waals surface area contributed by atoms with E-state index >= 15 is 0 Å². The van der Waals surface area contributed by atoms with Crippen LogP contribution in [0, 0.1) is 6.92 Å². The average molecular weight is 370 g/mol. The Kier molecular flexibility index (Phi) is 6.10. The quantitative estimate of drug-likeness (QED) is 0.476. The van der Waals surface area contributed by atoms with Crippen LogP contribution in [0.2, 0.25) is 0 Å². The largest absolute Gasteiger partial charge is 0.370 e. The van der Waals surface area contributed by atoms with Gasteiger partial charge in [-0.15, -0.1) is 24.0 Å². The molecule has 0 heterocycles. The Balaban J connectivity index is 0.00000169. The van der Waals surface area contributed by atoms with Gasteiger partial charge in [-0.05, 0) is 30.2 Å². The van der Waals surface area contributed by atoms with Crippen molar-refractivity contribution in [2.45, 2.75) is 13.5 Å². The van der Waals surface area contributed by atoms with Crippen molar-refractivity contribution < 1.29 is 0 Å². The second-order valence-electron chi connectivity index (χ2n) is 2.81. The topological polar surface area (TPSA) is 64.4 Å². The van der Waals surface area contributed by atoms with Crippen LogP contribution in [0.3, 0.4) is 0 Å². The summed E-state index contributed by atoms with van der Waals surface area (Å²) in [6, 6.07) is 6.02. The smallest absolute Gasteiger partial charge is 0.186 e. The standard InChI is InChI=1S/C9H12BrN3.HI/c1-6-4-8(10)3-2-7(6)5-13-9(11)12;/h2-4H,5H2,1H3,(H4,11,12,13);1H. The number of nitrogens with two attached hydrogens (primary N) is 2. The lowest BCUT2D eigenvalue weighted by molar-refractivity contribution is 1.03. The lowest BCUT2D eigenvalue weighted by Crippen LogP contribution is -2.22. The van der Waals surface area contributed by atoms with Gasteiger partial charge in [0, 0.05) is 4.47 Å². The minimum absolute atomic E-state index is 0. The molecular weight excluding hydrogens is 357 g/mol. The molecule has 1 aromatic carbocycles. The van der Waals surface area contributed by atoms with E-state index in [9.17, 15) is 0 Å². The van der Waals surface area contributed by atoms with Gasteiger partial charge in [-0.1, -0.05) is 22.0 Å². The van der Waals surface area contributed by atoms with E-state index in [-0.39, 0.29) is 29.9 Å². The number of halogens is 2. The second kappa shape index (κ2) is 6.23. The van der Waals surface area contributed by atoms with Gasteiger partial charge < -0.3 is 11.5 Å². The molecule has 4 N–H and O–H groups in total. The van der Waals surface area contributed by atoms with Gasteiger partial charge in [0.25, 0.3) is 0 Å². The second-order valence-corrected chi connectivity index (χ2v) is 3.73. The van der Waals surface area contributed by atoms with Crippen molar-refractivity contribution in [3.63, 3.8) is 0 Å². The molecule has 0 aliphatic rings. The first-order valence-corrected chi connectivity index (χ1v) is 4.69. The van der Waals surface area contributed by atoms with Gasteiger partial charge >= 0.3 is 0 Å². The van der Waals surface area contributed by atoms with Gasteiger partial charge in [-0.25, -0.2) is 4.99 Å². The molecule has 0 radical (unpaired) electrons. The summed E-state index contributed by atoms with van der Waals surface area (Å²) in [6.45, 7) is 2.57. The Labute approximate surface area is 109 Å². The van der Waals surface area contributed by atoms with Gasteiger partial charge in [0.15, 0.2) is 5.96 Å². The van der Waals surface area contributed by atoms with Crippen LogP contribution in [-0.2, 0) is 6.54 Å². The van der Waals surface area contributed by atoms with Crippen LogP contribution in [0.5, 0.6) is 0 Å². The fourth-order valence-electron chi connectivity index (χ4n) is 1.01. The third-order valence-corrected chi connectivity index (χ3v) is 2.23. The van der Waals surface area contributed by atoms with Crippen molar-refractivity contribution >= 4 is 45.9 Å². The molecule has 0 unspecified atom stereocenters. The van der Waals surface area contributed by atoms with E-state index in [0.29, 0.717) is 6.54 Å². The number of nitrogens with zero attached hydrogens (tertiary/aromatic N) is 1. The Morgan fingerprint density at radius 2 is 2.07 bits per heavy atom. The monoisotopic (exact) mass is 369 g/mol. The van der Waals surface area contributed by atoms with Gasteiger partial charge in [-0.3, -0.25) is 0 Å². The number of hydrogen-bond donors (Lipinski definition) is 2. The third-order valence-electron chi connectivity index (χ3n) is 1.74. The summed E-state index contributed by atoms with van der Waals surface area (Å²) in [5.41, 5.74) is 12.8. The summed E-state index contributed by atoms with van der Waals surface area (Å²) in [6.07, 6.45) is 0. The fraction of sp³-hybridized carbons (Fsp3) is 0.222. The lowest BCUT2D eigenvalue weighted by atomic mass is 10.1. The van der Waals surface area contributed by atoms with Gasteiger partial charge in [0.2, 0.25) is 0 Å². The van der Waals surface area contributed by atoms with Crippen molar-refractivity contribution in [3.05, 3.63) is 33.8 Å². The first kappa shape index (κ1) is 13.7. The van der Waals surface area contributed by atoms with Gasteiger partial charge in [0.1, 0.15) is 0 Å². The highest BCUT2D eigenvalue weighted by Gasteiger charge is 1.97. The summed E-state index contributed by atoms with van der Waals surface area (Å²) < 4.78 is 1.07. The molecule has 14 heavy (non-hydrogen) atoms. The van der Waals surface area contributed by atoms with Crippen LogP contribution < -0.4 is 11.5 Å². The molecule has 0 aliphatic heterocycles. The average Bonchev–Trinajstić information content (AvgIpc) is 2.02. The Morgan fingerprint density at radius 1 is 1.43 bits per heavy atom. The zero-order valence-corrected chi connectivity index (χ0v) is 11.7. The predicted octanol–water partition coefficient (Wildman–Crippen LogP) is 2.15. The molecule has 3 nitrogen and oxygen atoms in total. The van der Waals surface area contributed by atoms with Crippen LogP contribution >= 0.6 is 39.9 Å². The summed E-state index contributed by atoms with van der Waals surface area (Å²) in [4.78, 5) is 3.94. The lowest BCUT2D eigenvalue weighted by Gasteiger charge is -2.02. The molecule has 0 atom stereocenters. The number of rotatable bonds is 2. The van der Waals surface area contributed by atoms with E-state index in [0.717, 1.165) is 10.0 Å². The van der Waals surface area contributed by atoms with Crippen molar-refractivity contribution in [2.24, 2.45) is 16.5 Å². The van der Waals surface area contributed by atoms with Crippen molar-refractivity contribution in [3.8, 4) is 0 Å². The highest BCUT2D eigenvalue weighted by Crippen LogP contribution is 2.16. The number of aliphatic imine (C=N–C) groups is 1. The fourth-order valence-corrected chi connectivity index (χ4v) is 1.49. The Hall–Kier alpha value is -0.300. The maximum Gasteiger partial charge on any atom is 0.186 e. The normalized spacial score (nSPS) is 9.00. The SMILES string of the molecule is Cc1cc(Br)ccc1CN=C(N)N.I. The minimum atomic E-state index is 0. The molecule has 0 bridgehead atoms. The van der Waals surface area contributed by atoms with Crippen LogP contribution in [0.4, 0.5) is 0 Å². The molecule has 0 spiro atoms. The predicted molar refractivity (Wildman–Crippen MR) is 73.8 cm³/mol. The minimum Gasteiger partial charge on any atom is -0.370 e. The number of benzene rings is 1. The van der Waals surface area contributed by atoms with E-state index in [4.69, 9.17) is 11.5 Å².